The molecule has 188 valence electrons. The van der Waals surface area contributed by atoms with Crippen LogP contribution in [0.4, 0.5) is 10.8 Å². The van der Waals surface area contributed by atoms with E-state index in [4.69, 9.17) is 5.73 Å². The molecule has 0 bridgehead atoms. The number of nitrogens with one attached hydrogen (secondary N) is 2. The zero-order chi connectivity index (χ0) is 25.4. The number of nitrogens with two attached hydrogens (primary N) is 1. The van der Waals surface area contributed by atoms with Crippen LogP contribution in [0.5, 0.6) is 0 Å². The number of anilines is 2. The first kappa shape index (κ1) is 24.4. The van der Waals surface area contributed by atoms with Gasteiger partial charge < -0.3 is 16.4 Å². The summed E-state index contributed by atoms with van der Waals surface area (Å²) in [6.07, 6.45) is 7.51. The summed E-state index contributed by atoms with van der Waals surface area (Å²) in [5, 5.41) is 11.0. The molecule has 1 fully saturated rings. The van der Waals surface area contributed by atoms with Crippen molar-refractivity contribution in [2.24, 2.45) is 0 Å². The van der Waals surface area contributed by atoms with Gasteiger partial charge >= 0.3 is 0 Å². The number of rotatable bonds is 7. The highest BCUT2D eigenvalue weighted by molar-refractivity contribution is 7.21. The van der Waals surface area contributed by atoms with E-state index in [0.717, 1.165) is 33.9 Å². The Hall–Kier alpha value is -3.28. The molecule has 5 rings (SSSR count). The molecule has 4 aromatic heterocycles. The first-order valence-electron chi connectivity index (χ1n) is 11.9. The summed E-state index contributed by atoms with van der Waals surface area (Å²) in [5.74, 6) is 0.0746. The van der Waals surface area contributed by atoms with E-state index in [1.807, 2.05) is 25.3 Å². The number of hydrogen-bond acceptors (Lipinski definition) is 8. The molecular weight excluding hydrogens is 494 g/mol. The molecular formula is C25H29N7O2S2. The van der Waals surface area contributed by atoms with Crippen LogP contribution in [0.15, 0.2) is 36.8 Å². The third kappa shape index (κ3) is 4.86. The number of nitrogens with zero attached hydrogens (tertiary/aromatic N) is 4. The van der Waals surface area contributed by atoms with Crippen LogP contribution in [0.25, 0.3) is 15.3 Å². The minimum absolute atomic E-state index is 0.117. The van der Waals surface area contributed by atoms with Gasteiger partial charge in [0.05, 0.1) is 26.5 Å². The van der Waals surface area contributed by atoms with Crippen molar-refractivity contribution >= 4 is 50.1 Å². The highest BCUT2D eigenvalue weighted by Crippen LogP contribution is 2.32. The summed E-state index contributed by atoms with van der Waals surface area (Å²) < 4.78 is 1.69. The fourth-order valence-corrected chi connectivity index (χ4v) is 6.52. The van der Waals surface area contributed by atoms with Crippen molar-refractivity contribution in [1.82, 2.24) is 24.8 Å². The molecule has 4 N–H and O–H groups in total. The number of fused-ring (bicyclic) bond motifs is 1. The number of likely N-dealkylation sites (tertiary alicyclic amines) is 1. The highest BCUT2D eigenvalue weighted by Gasteiger charge is 2.31. The van der Waals surface area contributed by atoms with Crippen molar-refractivity contribution in [1.29, 1.82) is 0 Å². The zero-order valence-corrected chi connectivity index (χ0v) is 22.1. The van der Waals surface area contributed by atoms with Crippen LogP contribution >= 0.6 is 22.7 Å². The Balaban J connectivity index is 1.24. The van der Waals surface area contributed by atoms with E-state index in [1.54, 1.807) is 23.0 Å². The number of hydrogen-bond donors (Lipinski definition) is 3. The Kier molecular flexibility index (Phi) is 6.54. The lowest BCUT2D eigenvalue weighted by molar-refractivity contribution is 0.0943. The normalized spacial score (nSPS) is 15.4. The maximum Gasteiger partial charge on any atom is 0.261 e. The molecule has 0 atom stereocenters. The molecule has 11 heteroatoms. The van der Waals surface area contributed by atoms with Crippen molar-refractivity contribution in [3.8, 4) is 10.4 Å². The van der Waals surface area contributed by atoms with Crippen LogP contribution in [-0.2, 0) is 0 Å². The van der Waals surface area contributed by atoms with E-state index in [0.29, 0.717) is 27.8 Å². The van der Waals surface area contributed by atoms with E-state index < -0.39 is 0 Å². The fraction of sp³-hybridized carbons (Fsp3) is 0.360. The number of carbonyl (C=O) groups is 2. The second-order valence-electron chi connectivity index (χ2n) is 9.61. The van der Waals surface area contributed by atoms with Crippen LogP contribution < -0.4 is 16.4 Å². The van der Waals surface area contributed by atoms with Gasteiger partial charge in [-0.25, -0.2) is 9.50 Å². The van der Waals surface area contributed by atoms with Crippen molar-refractivity contribution in [3.05, 3.63) is 52.8 Å². The molecule has 0 aromatic carbocycles. The maximum absolute atomic E-state index is 13.1. The number of pyridine rings is 1. The monoisotopic (exact) mass is 523 g/mol. The topological polar surface area (TPSA) is 118 Å². The average molecular weight is 524 g/mol. The van der Waals surface area contributed by atoms with Gasteiger partial charge in [0.15, 0.2) is 0 Å². The molecule has 9 nitrogen and oxygen atoms in total. The van der Waals surface area contributed by atoms with E-state index >= 15 is 0 Å². The lowest BCUT2D eigenvalue weighted by Gasteiger charge is -2.31. The summed E-state index contributed by atoms with van der Waals surface area (Å²) in [7, 11) is 0. The van der Waals surface area contributed by atoms with Crippen molar-refractivity contribution < 1.29 is 9.59 Å². The molecule has 0 radical (unpaired) electrons. The molecule has 0 spiro atoms. The number of aryl methyl sites for hydroxylation is 1. The minimum atomic E-state index is -0.262. The summed E-state index contributed by atoms with van der Waals surface area (Å²) in [4.78, 5) is 34.6. The predicted molar refractivity (Wildman–Crippen MR) is 145 cm³/mol. The molecule has 1 aliphatic heterocycles. The Morgan fingerprint density at radius 2 is 2.03 bits per heavy atom. The van der Waals surface area contributed by atoms with E-state index in [1.165, 1.54) is 35.5 Å². The summed E-state index contributed by atoms with van der Waals surface area (Å²) in [6, 6.07) is 5.45. The molecule has 36 heavy (non-hydrogen) atoms. The highest BCUT2D eigenvalue weighted by atomic mass is 32.1. The minimum Gasteiger partial charge on any atom is -0.384 e. The van der Waals surface area contributed by atoms with E-state index in [9.17, 15) is 9.59 Å². The molecule has 4 aromatic rings. The summed E-state index contributed by atoms with van der Waals surface area (Å²) >= 11 is 2.74. The van der Waals surface area contributed by atoms with E-state index in [-0.39, 0.29) is 17.4 Å². The largest absolute Gasteiger partial charge is 0.384 e. The van der Waals surface area contributed by atoms with Crippen molar-refractivity contribution in [3.63, 3.8) is 0 Å². The third-order valence-corrected chi connectivity index (χ3v) is 8.93. The number of amides is 2. The van der Waals surface area contributed by atoms with Crippen LogP contribution in [0.3, 0.4) is 0 Å². The van der Waals surface area contributed by atoms with Gasteiger partial charge in [0.2, 0.25) is 0 Å². The first-order valence-corrected chi connectivity index (χ1v) is 13.5. The molecule has 0 saturated carbocycles. The molecule has 0 aliphatic carbocycles. The number of thiazole rings is 1. The number of carbonyl (C=O) groups excluding carboxylic acids is 2. The second kappa shape index (κ2) is 9.64. The van der Waals surface area contributed by atoms with Gasteiger partial charge in [-0.15, -0.1) is 22.7 Å². The van der Waals surface area contributed by atoms with Gasteiger partial charge in [0.25, 0.3) is 11.8 Å². The van der Waals surface area contributed by atoms with Crippen molar-refractivity contribution in [2.45, 2.75) is 39.2 Å². The lowest BCUT2D eigenvalue weighted by Crippen LogP contribution is -2.42. The zero-order valence-electron chi connectivity index (χ0n) is 20.5. The molecule has 1 aliphatic rings. The van der Waals surface area contributed by atoms with Gasteiger partial charge in [0.1, 0.15) is 10.6 Å². The standard InChI is InChI=1S/C25H29N7O2S2/c1-15-11-18(22(34)27-8-10-31-9-4-7-25(31,2)3)35-23(15)30-21(33)17-13-29-32-14-19(36-24(17)32)16-5-6-20(26)28-12-16/h5-6,11-14H,4,7-10H2,1-3H3,(H2,26,28)(H,27,34)(H,30,33). The molecule has 1 saturated heterocycles. The van der Waals surface area contributed by atoms with Gasteiger partial charge in [-0.1, -0.05) is 0 Å². The number of aromatic nitrogens is 3. The maximum atomic E-state index is 13.1. The van der Waals surface area contributed by atoms with Crippen LogP contribution in [-0.4, -0.2) is 56.5 Å². The van der Waals surface area contributed by atoms with Gasteiger partial charge in [-0.3, -0.25) is 14.5 Å². The Bertz CT molecular complexity index is 1420. The fourth-order valence-electron chi connectivity index (χ4n) is 4.48. The van der Waals surface area contributed by atoms with Crippen molar-refractivity contribution in [2.75, 3.05) is 30.7 Å². The summed E-state index contributed by atoms with van der Waals surface area (Å²) in [5.41, 5.74) is 8.11. The Morgan fingerprint density at radius 1 is 1.19 bits per heavy atom. The molecule has 2 amide bonds. The molecule has 0 unspecified atom stereocenters. The molecule has 5 heterocycles. The Morgan fingerprint density at radius 3 is 2.75 bits per heavy atom. The van der Waals surface area contributed by atoms with Gasteiger partial charge in [-0.05, 0) is 63.9 Å². The third-order valence-electron chi connectivity index (χ3n) is 6.62. The quantitative estimate of drug-likeness (QED) is 0.333. The number of thiophene rings is 1. The number of nitrogen functional groups attached to an aromatic ring is 1. The van der Waals surface area contributed by atoms with Crippen LogP contribution in [0.2, 0.25) is 0 Å². The SMILES string of the molecule is Cc1cc(C(=O)NCCN2CCCC2(C)C)sc1NC(=O)c1cnn2cc(-c3ccc(N)nc3)sc12. The van der Waals surface area contributed by atoms with Gasteiger partial charge in [0, 0.05) is 36.6 Å². The predicted octanol–water partition coefficient (Wildman–Crippen LogP) is 4.27. The lowest BCUT2D eigenvalue weighted by atomic mass is 10.0. The van der Waals surface area contributed by atoms with Crippen LogP contribution in [0, 0.1) is 6.92 Å². The smallest absolute Gasteiger partial charge is 0.261 e. The van der Waals surface area contributed by atoms with E-state index in [2.05, 4.69) is 39.5 Å². The summed E-state index contributed by atoms with van der Waals surface area (Å²) in [6.45, 7) is 8.89. The van der Waals surface area contributed by atoms with Crippen LogP contribution in [0.1, 0.15) is 52.3 Å². The van der Waals surface area contributed by atoms with Gasteiger partial charge in [-0.2, -0.15) is 5.10 Å². The average Bonchev–Trinajstić information content (AvgIpc) is 3.58. The first-order chi connectivity index (χ1) is 17.2. The Labute approximate surface area is 217 Å². The second-order valence-corrected chi connectivity index (χ2v) is 11.7.